The average molecular weight is 723 g/mol. The molecule has 240 valence electrons. The lowest BCUT2D eigenvalue weighted by Gasteiger charge is -2.35. The smallest absolute Gasteiger partial charge is 0.264 e. The Labute approximate surface area is 284 Å². The lowest BCUT2D eigenvalue weighted by molar-refractivity contribution is -0.140. The molecule has 5 rings (SSSR count). The van der Waals surface area contributed by atoms with E-state index in [-0.39, 0.29) is 35.5 Å². The summed E-state index contributed by atoms with van der Waals surface area (Å²) >= 11 is 9.62. The first-order valence-corrected chi connectivity index (χ1v) is 18.0. The minimum atomic E-state index is -4.17. The molecule has 0 unspecified atom stereocenters. The van der Waals surface area contributed by atoms with Crippen LogP contribution in [0.3, 0.4) is 0 Å². The number of carbonyl (C=O) groups excluding carboxylic acids is 2. The number of anilines is 1. The van der Waals surface area contributed by atoms with Gasteiger partial charge in [-0.15, -0.1) is 0 Å². The molecule has 0 heterocycles. The van der Waals surface area contributed by atoms with Crippen LogP contribution >= 0.6 is 27.5 Å². The van der Waals surface area contributed by atoms with E-state index in [9.17, 15) is 18.0 Å². The molecule has 1 aliphatic carbocycles. The highest BCUT2D eigenvalue weighted by Gasteiger charge is 2.35. The number of benzene rings is 4. The number of rotatable bonds is 12. The second-order valence-electron chi connectivity index (χ2n) is 11.5. The maximum Gasteiger partial charge on any atom is 0.264 e. The zero-order valence-electron chi connectivity index (χ0n) is 25.4. The molecule has 0 radical (unpaired) electrons. The fourth-order valence-electron chi connectivity index (χ4n) is 5.74. The third-order valence-electron chi connectivity index (χ3n) is 8.21. The van der Waals surface area contributed by atoms with Crippen LogP contribution in [-0.2, 0) is 32.6 Å². The molecule has 4 aromatic rings. The first-order valence-electron chi connectivity index (χ1n) is 15.4. The minimum Gasteiger partial charge on any atom is -0.352 e. The topological polar surface area (TPSA) is 86.8 Å². The summed E-state index contributed by atoms with van der Waals surface area (Å²) < 4.78 is 30.1. The Balaban J connectivity index is 1.55. The van der Waals surface area contributed by atoms with Gasteiger partial charge in [-0.1, -0.05) is 107 Å². The highest BCUT2D eigenvalue weighted by atomic mass is 79.9. The summed E-state index contributed by atoms with van der Waals surface area (Å²) in [6.07, 6.45) is 5.29. The molecule has 10 heteroatoms. The van der Waals surface area contributed by atoms with Gasteiger partial charge >= 0.3 is 0 Å². The SMILES string of the molecule is O=C(NC1CCCCC1)[C@@H](Cc1ccccc1)N(Cc1ccc(Br)cc1)C(=O)CN(c1ccc(Cl)cc1)S(=O)(=O)c1ccccc1. The summed E-state index contributed by atoms with van der Waals surface area (Å²) in [6.45, 7) is -0.404. The van der Waals surface area contributed by atoms with E-state index < -0.39 is 28.5 Å². The van der Waals surface area contributed by atoms with Gasteiger partial charge in [-0.3, -0.25) is 13.9 Å². The maximum atomic E-state index is 14.6. The molecule has 0 spiro atoms. The summed E-state index contributed by atoms with van der Waals surface area (Å²) in [4.78, 5) is 30.3. The normalized spacial score (nSPS) is 14.3. The van der Waals surface area contributed by atoms with E-state index in [0.717, 1.165) is 52.0 Å². The Kier molecular flexibility index (Phi) is 11.5. The summed E-state index contributed by atoms with van der Waals surface area (Å²) in [6, 6.07) is 30.6. The van der Waals surface area contributed by atoms with E-state index in [1.807, 2.05) is 54.6 Å². The molecule has 1 atom stereocenters. The van der Waals surface area contributed by atoms with Gasteiger partial charge < -0.3 is 10.2 Å². The Morgan fingerprint density at radius 1 is 0.804 bits per heavy atom. The first kappa shape index (κ1) is 33.7. The molecular weight excluding hydrogens is 686 g/mol. The van der Waals surface area contributed by atoms with Gasteiger partial charge in [-0.2, -0.15) is 0 Å². The number of amides is 2. The molecule has 0 aliphatic heterocycles. The third-order valence-corrected chi connectivity index (χ3v) is 10.8. The minimum absolute atomic E-state index is 0.0354. The zero-order valence-corrected chi connectivity index (χ0v) is 28.6. The van der Waals surface area contributed by atoms with Crippen LogP contribution < -0.4 is 9.62 Å². The number of halogens is 2. The monoisotopic (exact) mass is 721 g/mol. The van der Waals surface area contributed by atoms with Crippen molar-refractivity contribution in [2.45, 2.75) is 62.0 Å². The van der Waals surface area contributed by atoms with E-state index in [0.29, 0.717) is 5.02 Å². The van der Waals surface area contributed by atoms with Crippen LogP contribution in [0, 0.1) is 0 Å². The molecular formula is C36H37BrClN3O4S. The molecule has 1 saturated carbocycles. The lowest BCUT2D eigenvalue weighted by Crippen LogP contribution is -2.55. The van der Waals surface area contributed by atoms with E-state index >= 15 is 0 Å². The number of sulfonamides is 1. The van der Waals surface area contributed by atoms with Gasteiger partial charge in [-0.05, 0) is 72.5 Å². The standard InChI is InChI=1S/C36H37BrClN3O4S/c37-29-18-16-28(17-19-29)25-40(34(24-27-10-4-1-5-11-27)36(43)39-31-12-6-2-7-13-31)35(42)26-41(32-22-20-30(38)21-23-32)46(44,45)33-14-8-3-9-15-33/h1,3-5,8-11,14-23,31,34H,2,6-7,12-13,24-26H2,(H,39,43)/t34-/m1/s1. The number of nitrogens with zero attached hydrogens (tertiary/aromatic N) is 2. The van der Waals surface area contributed by atoms with Crippen molar-refractivity contribution in [3.63, 3.8) is 0 Å². The van der Waals surface area contributed by atoms with Gasteiger partial charge in [0.15, 0.2) is 0 Å². The lowest BCUT2D eigenvalue weighted by atomic mass is 9.94. The molecule has 7 nitrogen and oxygen atoms in total. The van der Waals surface area contributed by atoms with Crippen LogP contribution in [0.5, 0.6) is 0 Å². The fraction of sp³-hybridized carbons (Fsp3) is 0.278. The highest BCUT2D eigenvalue weighted by molar-refractivity contribution is 9.10. The van der Waals surface area contributed by atoms with Gasteiger partial charge in [-0.25, -0.2) is 8.42 Å². The number of carbonyl (C=O) groups is 2. The molecule has 0 bridgehead atoms. The van der Waals surface area contributed by atoms with Gasteiger partial charge in [0.25, 0.3) is 10.0 Å². The third kappa shape index (κ3) is 8.78. The Bertz CT molecular complexity index is 1700. The molecule has 1 aliphatic rings. The van der Waals surface area contributed by atoms with Crippen molar-refractivity contribution in [2.75, 3.05) is 10.8 Å². The van der Waals surface area contributed by atoms with Crippen molar-refractivity contribution in [1.82, 2.24) is 10.2 Å². The molecule has 0 aromatic heterocycles. The first-order chi connectivity index (χ1) is 22.2. The van der Waals surface area contributed by atoms with Crippen LogP contribution in [0.25, 0.3) is 0 Å². The molecule has 46 heavy (non-hydrogen) atoms. The predicted molar refractivity (Wildman–Crippen MR) is 186 cm³/mol. The quantitative estimate of drug-likeness (QED) is 0.165. The van der Waals surface area contributed by atoms with E-state index in [1.165, 1.54) is 17.0 Å². The van der Waals surface area contributed by atoms with Crippen LogP contribution in [0.2, 0.25) is 5.02 Å². The second kappa shape index (κ2) is 15.8. The van der Waals surface area contributed by atoms with E-state index in [2.05, 4.69) is 21.2 Å². The van der Waals surface area contributed by atoms with E-state index in [1.54, 1.807) is 42.5 Å². The Morgan fingerprint density at radius 3 is 2.04 bits per heavy atom. The zero-order chi connectivity index (χ0) is 32.5. The van der Waals surface area contributed by atoms with Gasteiger partial charge in [0.1, 0.15) is 12.6 Å². The van der Waals surface area contributed by atoms with Crippen molar-refractivity contribution in [3.8, 4) is 0 Å². The van der Waals surface area contributed by atoms with Crippen molar-refractivity contribution >= 4 is 55.1 Å². The second-order valence-corrected chi connectivity index (χ2v) is 14.7. The van der Waals surface area contributed by atoms with Crippen LogP contribution in [0.1, 0.15) is 43.2 Å². The van der Waals surface area contributed by atoms with E-state index in [4.69, 9.17) is 11.6 Å². The van der Waals surface area contributed by atoms with Gasteiger partial charge in [0.2, 0.25) is 11.8 Å². The van der Waals surface area contributed by atoms with Crippen LogP contribution in [0.4, 0.5) is 5.69 Å². The molecule has 0 saturated heterocycles. The molecule has 1 fully saturated rings. The fourth-order valence-corrected chi connectivity index (χ4v) is 7.57. The van der Waals surface area contributed by atoms with Crippen molar-refractivity contribution < 1.29 is 18.0 Å². The number of nitrogens with one attached hydrogen (secondary N) is 1. The molecule has 2 amide bonds. The summed E-state index contributed by atoms with van der Waals surface area (Å²) in [5, 5.41) is 3.67. The average Bonchev–Trinajstić information content (AvgIpc) is 3.07. The van der Waals surface area contributed by atoms with Crippen molar-refractivity contribution in [1.29, 1.82) is 0 Å². The van der Waals surface area contributed by atoms with Crippen molar-refractivity contribution in [2.24, 2.45) is 0 Å². The van der Waals surface area contributed by atoms with Gasteiger partial charge in [0, 0.05) is 28.5 Å². The van der Waals surface area contributed by atoms with Gasteiger partial charge in [0.05, 0.1) is 10.6 Å². The maximum absolute atomic E-state index is 14.6. The number of hydrogen-bond acceptors (Lipinski definition) is 4. The molecule has 4 aromatic carbocycles. The predicted octanol–water partition coefficient (Wildman–Crippen LogP) is 7.39. The number of hydrogen-bond donors (Lipinski definition) is 1. The largest absolute Gasteiger partial charge is 0.352 e. The Morgan fingerprint density at radius 2 is 1.41 bits per heavy atom. The molecule has 1 N–H and O–H groups in total. The van der Waals surface area contributed by atoms with Crippen molar-refractivity contribution in [3.05, 3.63) is 130 Å². The van der Waals surface area contributed by atoms with Crippen LogP contribution in [-0.4, -0.2) is 43.8 Å². The van der Waals surface area contributed by atoms with Crippen LogP contribution in [0.15, 0.2) is 119 Å². The summed E-state index contributed by atoms with van der Waals surface area (Å²) in [5.41, 5.74) is 1.99. The Hall–Kier alpha value is -3.66. The summed E-state index contributed by atoms with van der Waals surface area (Å²) in [5.74, 6) is -0.748. The highest BCUT2D eigenvalue weighted by Crippen LogP contribution is 2.27. The summed E-state index contributed by atoms with van der Waals surface area (Å²) in [7, 11) is -4.17.